The third kappa shape index (κ3) is 5.12. The zero-order chi connectivity index (χ0) is 23.2. The van der Waals surface area contributed by atoms with Gasteiger partial charge in [0.25, 0.3) is 5.91 Å². The molecule has 0 saturated heterocycles. The summed E-state index contributed by atoms with van der Waals surface area (Å²) in [7, 11) is 3.20. The molecule has 0 radical (unpaired) electrons. The number of ether oxygens (including phenoxy) is 3. The largest absolute Gasteiger partial charge is 0.497 e. The van der Waals surface area contributed by atoms with Gasteiger partial charge in [-0.25, -0.2) is 4.98 Å². The third-order valence-corrected chi connectivity index (χ3v) is 5.80. The fourth-order valence-corrected chi connectivity index (χ4v) is 4.05. The molecule has 4 rings (SSSR count). The van der Waals surface area contributed by atoms with E-state index in [0.717, 1.165) is 27.3 Å². The molecule has 0 spiro atoms. The summed E-state index contributed by atoms with van der Waals surface area (Å²) in [5.41, 5.74) is 2.06. The predicted octanol–water partition coefficient (Wildman–Crippen LogP) is 5.39. The molecule has 1 amide bonds. The maximum atomic E-state index is 13.4. The van der Waals surface area contributed by atoms with Crippen molar-refractivity contribution in [2.45, 2.75) is 6.92 Å². The highest BCUT2D eigenvalue weighted by Gasteiger charge is 2.21. The van der Waals surface area contributed by atoms with Crippen LogP contribution in [0, 0.1) is 0 Å². The van der Waals surface area contributed by atoms with Gasteiger partial charge in [-0.2, -0.15) is 10.1 Å². The monoisotopic (exact) mass is 461 g/mol. The van der Waals surface area contributed by atoms with Crippen molar-refractivity contribution in [2.24, 2.45) is 5.10 Å². The molecule has 0 aliphatic rings. The number of nitrogens with zero attached hydrogens (tertiary/aromatic N) is 3. The Morgan fingerprint density at radius 2 is 1.64 bits per heavy atom. The van der Waals surface area contributed by atoms with Crippen molar-refractivity contribution < 1.29 is 19.0 Å². The van der Waals surface area contributed by atoms with Gasteiger partial charge in [0.05, 0.1) is 37.3 Å². The molecule has 0 aliphatic carbocycles. The van der Waals surface area contributed by atoms with Crippen molar-refractivity contribution >= 4 is 38.8 Å². The first-order valence-corrected chi connectivity index (χ1v) is 11.1. The number of fused-ring (bicyclic) bond motifs is 1. The molecule has 1 aromatic heterocycles. The van der Waals surface area contributed by atoms with Crippen molar-refractivity contribution in [1.82, 2.24) is 4.98 Å². The molecule has 0 aliphatic heterocycles. The number of anilines is 1. The number of aromatic nitrogens is 1. The predicted molar refractivity (Wildman–Crippen MR) is 131 cm³/mol. The molecule has 0 bridgehead atoms. The standard InChI is InChI=1S/C25H23N3O4S/c1-4-32-20-9-5-17(6-10-20)16-26-28(24(29)18-7-11-19(30-2)12-8-18)25-27-22-14-13-21(31-3)15-23(22)33-25/h5-16H,4H2,1-3H3/b26-16+. The number of rotatable bonds is 8. The van der Waals surface area contributed by atoms with Gasteiger partial charge in [-0.3, -0.25) is 4.79 Å². The summed E-state index contributed by atoms with van der Waals surface area (Å²) in [5, 5.41) is 6.27. The van der Waals surface area contributed by atoms with Gasteiger partial charge in [-0.15, -0.1) is 0 Å². The van der Waals surface area contributed by atoms with Crippen molar-refractivity contribution in [3.8, 4) is 17.2 Å². The van der Waals surface area contributed by atoms with E-state index >= 15 is 0 Å². The summed E-state index contributed by atoms with van der Waals surface area (Å²) in [6.07, 6.45) is 1.63. The van der Waals surface area contributed by atoms with Gasteiger partial charge >= 0.3 is 0 Å². The van der Waals surface area contributed by atoms with Crippen LogP contribution >= 0.6 is 11.3 Å². The summed E-state index contributed by atoms with van der Waals surface area (Å²) < 4.78 is 16.9. The van der Waals surface area contributed by atoms with Gasteiger partial charge in [-0.05, 0) is 79.2 Å². The SMILES string of the molecule is CCOc1ccc(/C=N/N(C(=O)c2ccc(OC)cc2)c2nc3ccc(OC)cc3s2)cc1. The van der Waals surface area contributed by atoms with Crippen LogP contribution < -0.4 is 19.2 Å². The van der Waals surface area contributed by atoms with E-state index in [1.807, 2.05) is 49.4 Å². The molecule has 4 aromatic rings. The van der Waals surface area contributed by atoms with Crippen LogP contribution in [0.2, 0.25) is 0 Å². The lowest BCUT2D eigenvalue weighted by Gasteiger charge is -2.14. The number of methoxy groups -OCH3 is 2. The van der Waals surface area contributed by atoms with E-state index in [2.05, 4.69) is 10.1 Å². The van der Waals surface area contributed by atoms with Crippen molar-refractivity contribution in [2.75, 3.05) is 25.8 Å². The fourth-order valence-electron chi connectivity index (χ4n) is 3.10. The highest BCUT2D eigenvalue weighted by Crippen LogP contribution is 2.32. The Balaban J connectivity index is 1.70. The number of hydrazone groups is 1. The lowest BCUT2D eigenvalue weighted by atomic mass is 10.2. The van der Waals surface area contributed by atoms with Crippen LogP contribution in [-0.4, -0.2) is 37.9 Å². The first kappa shape index (κ1) is 22.3. The second-order valence-corrected chi connectivity index (χ2v) is 7.93. The molecule has 0 unspecified atom stereocenters. The van der Waals surface area contributed by atoms with Crippen LogP contribution in [0.25, 0.3) is 10.2 Å². The van der Waals surface area contributed by atoms with Crippen LogP contribution in [0.3, 0.4) is 0 Å². The smallest absolute Gasteiger partial charge is 0.280 e. The first-order chi connectivity index (χ1) is 16.1. The molecule has 33 heavy (non-hydrogen) atoms. The highest BCUT2D eigenvalue weighted by atomic mass is 32.1. The first-order valence-electron chi connectivity index (χ1n) is 10.3. The molecule has 3 aromatic carbocycles. The van der Waals surface area contributed by atoms with E-state index in [0.29, 0.717) is 23.1 Å². The van der Waals surface area contributed by atoms with Crippen LogP contribution in [0.4, 0.5) is 5.13 Å². The van der Waals surface area contributed by atoms with Crippen LogP contribution in [0.15, 0.2) is 71.8 Å². The van der Waals surface area contributed by atoms with E-state index in [1.54, 1.807) is 44.7 Å². The molecular weight excluding hydrogens is 438 g/mol. The van der Waals surface area contributed by atoms with E-state index in [9.17, 15) is 4.79 Å². The molecule has 0 fully saturated rings. The van der Waals surface area contributed by atoms with Gasteiger partial charge in [0.15, 0.2) is 0 Å². The fraction of sp³-hybridized carbons (Fsp3) is 0.160. The lowest BCUT2D eigenvalue weighted by molar-refractivity contribution is 0.0988. The third-order valence-electron chi connectivity index (χ3n) is 4.81. The van der Waals surface area contributed by atoms with Crippen LogP contribution in [-0.2, 0) is 0 Å². The summed E-state index contributed by atoms with van der Waals surface area (Å²) in [6, 6.07) is 20.0. The quantitative estimate of drug-likeness (QED) is 0.260. The molecular formula is C25H23N3O4S. The van der Waals surface area contributed by atoms with Crippen molar-refractivity contribution in [3.05, 3.63) is 77.9 Å². The summed E-state index contributed by atoms with van der Waals surface area (Å²) in [6.45, 7) is 2.53. The zero-order valence-corrected chi connectivity index (χ0v) is 19.3. The van der Waals surface area contributed by atoms with E-state index < -0.39 is 0 Å². The number of amides is 1. The highest BCUT2D eigenvalue weighted by molar-refractivity contribution is 7.22. The number of hydrogen-bond donors (Lipinski definition) is 0. The normalized spacial score (nSPS) is 11.0. The Labute approximate surface area is 195 Å². The number of carbonyl (C=O) groups is 1. The summed E-state index contributed by atoms with van der Waals surface area (Å²) in [4.78, 5) is 18.0. The Morgan fingerprint density at radius 3 is 2.30 bits per heavy atom. The molecule has 1 heterocycles. The summed E-state index contributed by atoms with van der Waals surface area (Å²) >= 11 is 1.37. The minimum atomic E-state index is -0.300. The molecule has 0 N–H and O–H groups in total. The Kier molecular flexibility index (Phi) is 6.85. The topological polar surface area (TPSA) is 73.2 Å². The van der Waals surface area contributed by atoms with E-state index in [1.165, 1.54) is 16.3 Å². The number of thiazole rings is 1. The Morgan fingerprint density at radius 1 is 0.970 bits per heavy atom. The minimum absolute atomic E-state index is 0.300. The number of carbonyl (C=O) groups excluding carboxylic acids is 1. The molecule has 168 valence electrons. The lowest BCUT2D eigenvalue weighted by Crippen LogP contribution is -2.25. The second-order valence-electron chi connectivity index (χ2n) is 6.92. The number of benzene rings is 3. The van der Waals surface area contributed by atoms with Crippen LogP contribution in [0.5, 0.6) is 17.2 Å². The van der Waals surface area contributed by atoms with Gasteiger partial charge in [-0.1, -0.05) is 11.3 Å². The molecule has 8 heteroatoms. The number of hydrogen-bond acceptors (Lipinski definition) is 7. The Hall–Kier alpha value is -3.91. The van der Waals surface area contributed by atoms with Crippen molar-refractivity contribution in [1.29, 1.82) is 0 Å². The maximum Gasteiger partial charge on any atom is 0.280 e. The average Bonchev–Trinajstić information content (AvgIpc) is 3.28. The second kappa shape index (κ2) is 10.1. The van der Waals surface area contributed by atoms with Gasteiger partial charge in [0, 0.05) is 5.56 Å². The Bertz CT molecular complexity index is 1270. The molecule has 0 saturated carbocycles. The molecule has 7 nitrogen and oxygen atoms in total. The average molecular weight is 462 g/mol. The zero-order valence-electron chi connectivity index (χ0n) is 18.5. The molecule has 0 atom stereocenters. The minimum Gasteiger partial charge on any atom is -0.497 e. The van der Waals surface area contributed by atoms with E-state index in [-0.39, 0.29) is 5.91 Å². The summed E-state index contributed by atoms with van der Waals surface area (Å²) in [5.74, 6) is 1.87. The van der Waals surface area contributed by atoms with Crippen molar-refractivity contribution in [3.63, 3.8) is 0 Å². The van der Waals surface area contributed by atoms with E-state index in [4.69, 9.17) is 14.2 Å². The maximum absolute atomic E-state index is 13.4. The van der Waals surface area contributed by atoms with Gasteiger partial charge in [0.1, 0.15) is 17.2 Å². The van der Waals surface area contributed by atoms with Gasteiger partial charge < -0.3 is 14.2 Å². The van der Waals surface area contributed by atoms with Gasteiger partial charge in [0.2, 0.25) is 5.13 Å². The van der Waals surface area contributed by atoms with Crippen LogP contribution in [0.1, 0.15) is 22.8 Å².